The van der Waals surface area contributed by atoms with Crippen LogP contribution in [0.4, 0.5) is 4.79 Å². The molecule has 0 saturated carbocycles. The fourth-order valence-corrected chi connectivity index (χ4v) is 5.13. The smallest absolute Gasteiger partial charge is 0.410 e. The van der Waals surface area contributed by atoms with Gasteiger partial charge in [-0.1, -0.05) is 12.8 Å². The van der Waals surface area contributed by atoms with Crippen molar-refractivity contribution in [3.63, 3.8) is 0 Å². The summed E-state index contributed by atoms with van der Waals surface area (Å²) >= 11 is 0. The number of piperidine rings is 1. The van der Waals surface area contributed by atoms with Gasteiger partial charge in [-0.05, 0) is 59.3 Å². The number of rotatable bonds is 4. The lowest BCUT2D eigenvalue weighted by Gasteiger charge is -2.43. The molecular formula is C24H44N4O3. The number of amides is 2. The van der Waals surface area contributed by atoms with Crippen LogP contribution >= 0.6 is 0 Å². The quantitative estimate of drug-likeness (QED) is 0.678. The molecule has 2 atom stereocenters. The van der Waals surface area contributed by atoms with Crippen molar-refractivity contribution in [2.75, 3.05) is 58.9 Å². The molecule has 0 aromatic heterocycles. The first-order valence-electron chi connectivity index (χ1n) is 12.4. The zero-order valence-corrected chi connectivity index (χ0v) is 20.3. The Morgan fingerprint density at radius 2 is 1.48 bits per heavy atom. The van der Waals surface area contributed by atoms with Gasteiger partial charge < -0.3 is 14.5 Å². The van der Waals surface area contributed by atoms with Gasteiger partial charge in [-0.15, -0.1) is 0 Å². The lowest BCUT2D eigenvalue weighted by molar-refractivity contribution is -0.132. The maximum absolute atomic E-state index is 12.7. The largest absolute Gasteiger partial charge is 0.444 e. The molecule has 3 fully saturated rings. The molecule has 3 rings (SSSR count). The molecule has 31 heavy (non-hydrogen) atoms. The molecule has 3 saturated heterocycles. The number of piperazine rings is 1. The van der Waals surface area contributed by atoms with Gasteiger partial charge in [-0.25, -0.2) is 4.79 Å². The minimum absolute atomic E-state index is 0.179. The Labute approximate surface area is 189 Å². The first-order valence-corrected chi connectivity index (χ1v) is 12.4. The molecule has 7 nitrogen and oxygen atoms in total. The van der Waals surface area contributed by atoms with Crippen molar-refractivity contribution >= 4 is 12.0 Å². The van der Waals surface area contributed by atoms with Crippen LogP contribution < -0.4 is 0 Å². The maximum atomic E-state index is 12.7. The number of likely N-dealkylation sites (tertiary alicyclic amines) is 2. The fraction of sp³-hybridized carbons (Fsp3) is 0.917. The highest BCUT2D eigenvalue weighted by molar-refractivity contribution is 5.78. The Balaban J connectivity index is 1.43. The Morgan fingerprint density at radius 3 is 2.10 bits per heavy atom. The van der Waals surface area contributed by atoms with Gasteiger partial charge in [0.1, 0.15) is 5.60 Å². The predicted octanol–water partition coefficient (Wildman–Crippen LogP) is 3.04. The molecule has 3 aliphatic heterocycles. The lowest BCUT2D eigenvalue weighted by atomic mass is 9.90. The summed E-state index contributed by atoms with van der Waals surface area (Å²) in [6.45, 7) is 16.0. The molecule has 0 spiro atoms. The second-order valence-electron chi connectivity index (χ2n) is 10.7. The van der Waals surface area contributed by atoms with Crippen molar-refractivity contribution in [1.82, 2.24) is 19.6 Å². The summed E-state index contributed by atoms with van der Waals surface area (Å²) in [5, 5.41) is 0. The van der Waals surface area contributed by atoms with Crippen LogP contribution in [0.15, 0.2) is 0 Å². The first kappa shape index (κ1) is 24.3. The van der Waals surface area contributed by atoms with E-state index in [0.29, 0.717) is 24.4 Å². The Morgan fingerprint density at radius 1 is 0.871 bits per heavy atom. The maximum Gasteiger partial charge on any atom is 0.410 e. The molecular weight excluding hydrogens is 392 g/mol. The van der Waals surface area contributed by atoms with Gasteiger partial charge in [0.05, 0.1) is 6.54 Å². The molecule has 0 radical (unpaired) electrons. The molecule has 3 heterocycles. The Bertz CT molecular complexity index is 590. The van der Waals surface area contributed by atoms with E-state index in [9.17, 15) is 9.59 Å². The first-order chi connectivity index (χ1) is 14.7. The van der Waals surface area contributed by atoms with Crippen molar-refractivity contribution in [3.05, 3.63) is 0 Å². The summed E-state index contributed by atoms with van der Waals surface area (Å²) in [6, 6.07) is 0.439. The second kappa shape index (κ2) is 11.0. The van der Waals surface area contributed by atoms with Crippen LogP contribution in [0.2, 0.25) is 0 Å². The van der Waals surface area contributed by atoms with E-state index in [2.05, 4.69) is 21.6 Å². The van der Waals surface area contributed by atoms with Crippen molar-refractivity contribution < 1.29 is 14.3 Å². The van der Waals surface area contributed by atoms with Crippen LogP contribution in [0, 0.1) is 5.92 Å². The molecule has 0 bridgehead atoms. The third kappa shape index (κ3) is 7.35. The molecule has 2 amide bonds. The topological polar surface area (TPSA) is 56.3 Å². The molecule has 178 valence electrons. The van der Waals surface area contributed by atoms with Gasteiger partial charge in [-0.3, -0.25) is 14.6 Å². The Kier molecular flexibility index (Phi) is 8.62. The van der Waals surface area contributed by atoms with E-state index in [1.807, 2.05) is 25.7 Å². The minimum Gasteiger partial charge on any atom is -0.444 e. The van der Waals surface area contributed by atoms with Crippen LogP contribution in [-0.4, -0.2) is 102 Å². The zero-order chi connectivity index (χ0) is 22.4. The summed E-state index contributed by atoms with van der Waals surface area (Å²) in [6.07, 6.45) is 6.84. The summed E-state index contributed by atoms with van der Waals surface area (Å²) in [4.78, 5) is 34.1. The van der Waals surface area contributed by atoms with Gasteiger partial charge in [0.2, 0.25) is 5.91 Å². The number of carbonyl (C=O) groups excluding carboxylic acids is 2. The number of hydrogen-bond donors (Lipinski definition) is 0. The van der Waals surface area contributed by atoms with Crippen molar-refractivity contribution in [2.24, 2.45) is 5.92 Å². The third-order valence-electron chi connectivity index (χ3n) is 7.09. The number of nitrogens with zero attached hydrogens (tertiary/aromatic N) is 4. The van der Waals surface area contributed by atoms with Crippen LogP contribution in [-0.2, 0) is 9.53 Å². The summed E-state index contributed by atoms with van der Waals surface area (Å²) in [7, 11) is 0. The second-order valence-corrected chi connectivity index (χ2v) is 10.7. The van der Waals surface area contributed by atoms with E-state index < -0.39 is 5.60 Å². The highest BCUT2D eigenvalue weighted by Gasteiger charge is 2.33. The SMILES string of the molecule is C[C@H]([C@H]1CCCN(C(=O)OC(C)(C)C)C1)N1CCN(CC(=O)N2CCCCCC2)CC1. The van der Waals surface area contributed by atoms with Gasteiger partial charge in [0.25, 0.3) is 0 Å². The van der Waals surface area contributed by atoms with Crippen molar-refractivity contribution in [2.45, 2.75) is 77.9 Å². The number of hydrogen-bond acceptors (Lipinski definition) is 5. The number of carbonyl (C=O) groups is 2. The monoisotopic (exact) mass is 436 g/mol. The van der Waals surface area contributed by atoms with Gasteiger partial charge >= 0.3 is 6.09 Å². The van der Waals surface area contributed by atoms with E-state index in [1.54, 1.807) is 0 Å². The lowest BCUT2D eigenvalue weighted by Crippen LogP contribution is -2.55. The normalized spacial score (nSPS) is 25.7. The standard InChI is InChI=1S/C24H44N4O3/c1-20(21-10-9-13-28(18-21)23(30)31-24(2,3)4)26-16-14-25(15-17-26)19-22(29)27-11-7-5-6-8-12-27/h20-21H,5-19H2,1-4H3/t20-,21+/m1/s1. The molecule has 0 aliphatic carbocycles. The molecule has 0 unspecified atom stereocenters. The van der Waals surface area contributed by atoms with E-state index in [0.717, 1.165) is 78.0 Å². The summed E-state index contributed by atoms with van der Waals surface area (Å²) in [5.41, 5.74) is -0.448. The fourth-order valence-electron chi connectivity index (χ4n) is 5.13. The van der Waals surface area contributed by atoms with Gasteiger partial charge in [-0.2, -0.15) is 0 Å². The van der Waals surface area contributed by atoms with Crippen molar-refractivity contribution in [3.8, 4) is 0 Å². The average molecular weight is 437 g/mol. The average Bonchev–Trinajstić information content (AvgIpc) is 3.02. The van der Waals surface area contributed by atoms with E-state index in [4.69, 9.17) is 4.74 Å². The zero-order valence-electron chi connectivity index (χ0n) is 20.3. The van der Waals surface area contributed by atoms with Crippen LogP contribution in [0.25, 0.3) is 0 Å². The third-order valence-corrected chi connectivity index (χ3v) is 7.09. The molecule has 3 aliphatic rings. The highest BCUT2D eigenvalue weighted by Crippen LogP contribution is 2.25. The molecule has 0 N–H and O–H groups in total. The summed E-state index contributed by atoms with van der Waals surface area (Å²) in [5.74, 6) is 0.787. The van der Waals surface area contributed by atoms with Crippen LogP contribution in [0.5, 0.6) is 0 Å². The highest BCUT2D eigenvalue weighted by atomic mass is 16.6. The molecule has 7 heteroatoms. The van der Waals surface area contributed by atoms with Gasteiger partial charge in [0.15, 0.2) is 0 Å². The van der Waals surface area contributed by atoms with E-state index in [-0.39, 0.29) is 6.09 Å². The summed E-state index contributed by atoms with van der Waals surface area (Å²) < 4.78 is 5.59. The van der Waals surface area contributed by atoms with E-state index >= 15 is 0 Å². The van der Waals surface area contributed by atoms with Crippen LogP contribution in [0.3, 0.4) is 0 Å². The Hall–Kier alpha value is -1.34. The number of ether oxygens (including phenoxy) is 1. The predicted molar refractivity (Wildman–Crippen MR) is 123 cm³/mol. The minimum atomic E-state index is -0.448. The molecule has 0 aromatic carbocycles. The van der Waals surface area contributed by atoms with Crippen LogP contribution in [0.1, 0.15) is 66.2 Å². The van der Waals surface area contributed by atoms with Crippen molar-refractivity contribution in [1.29, 1.82) is 0 Å². The van der Waals surface area contributed by atoms with E-state index in [1.165, 1.54) is 12.8 Å². The van der Waals surface area contributed by atoms with Gasteiger partial charge in [0, 0.05) is 58.4 Å². The molecule has 0 aromatic rings.